The highest BCUT2D eigenvalue weighted by Gasteiger charge is 2.26. The highest BCUT2D eigenvalue weighted by molar-refractivity contribution is 7.98. The minimum Gasteiger partial charge on any atom is -0.383 e. The first-order chi connectivity index (χ1) is 12.1. The van der Waals surface area contributed by atoms with Gasteiger partial charge in [-0.05, 0) is 18.6 Å². The number of amides is 2. The Morgan fingerprint density at radius 1 is 1.28 bits per heavy atom. The van der Waals surface area contributed by atoms with Gasteiger partial charge in [0.1, 0.15) is 5.82 Å². The summed E-state index contributed by atoms with van der Waals surface area (Å²) in [6, 6.07) is 7.80. The molecule has 0 radical (unpaired) electrons. The zero-order chi connectivity index (χ0) is 17.8. The van der Waals surface area contributed by atoms with Crippen LogP contribution in [0.5, 0.6) is 0 Å². The quantitative estimate of drug-likeness (QED) is 0.625. The number of carbonyl (C=O) groups excluding carboxylic acids is 2. The van der Waals surface area contributed by atoms with Crippen LogP contribution in [0.4, 0.5) is 5.82 Å². The summed E-state index contributed by atoms with van der Waals surface area (Å²) in [6.45, 7) is 2.62. The first kappa shape index (κ1) is 17.5. The minimum atomic E-state index is -0.703. The molecule has 0 atom stereocenters. The molecule has 3 rings (SSSR count). The third-order valence-corrected chi connectivity index (χ3v) is 4.90. The molecule has 0 unspecified atom stereocenters. The second kappa shape index (κ2) is 7.71. The number of methoxy groups -OCH3 is 1. The van der Waals surface area contributed by atoms with E-state index < -0.39 is 11.8 Å². The van der Waals surface area contributed by atoms with Gasteiger partial charge in [0.25, 0.3) is 0 Å². The number of hydrogen-bond donors (Lipinski definition) is 2. The molecule has 0 bridgehead atoms. The van der Waals surface area contributed by atoms with Crippen LogP contribution in [-0.2, 0) is 25.8 Å². The van der Waals surface area contributed by atoms with Gasteiger partial charge in [0.15, 0.2) is 0 Å². The van der Waals surface area contributed by atoms with Crippen LogP contribution in [0.15, 0.2) is 24.3 Å². The van der Waals surface area contributed by atoms with Gasteiger partial charge in [-0.3, -0.25) is 9.59 Å². The minimum absolute atomic E-state index is 0.285. The first-order valence-electron chi connectivity index (χ1n) is 7.94. The van der Waals surface area contributed by atoms with E-state index in [1.165, 1.54) is 7.11 Å². The fourth-order valence-electron chi connectivity index (χ4n) is 2.63. The molecule has 0 aliphatic carbocycles. The third-order valence-electron chi connectivity index (χ3n) is 3.93. The highest BCUT2D eigenvalue weighted by Crippen LogP contribution is 2.36. The van der Waals surface area contributed by atoms with Crippen molar-refractivity contribution in [3.05, 3.63) is 41.1 Å². The van der Waals surface area contributed by atoms with E-state index in [1.54, 1.807) is 16.4 Å². The molecule has 0 saturated carbocycles. The van der Waals surface area contributed by atoms with E-state index in [1.807, 2.05) is 31.2 Å². The van der Waals surface area contributed by atoms with Crippen LogP contribution in [0.3, 0.4) is 0 Å². The van der Waals surface area contributed by atoms with Crippen molar-refractivity contribution in [1.29, 1.82) is 0 Å². The van der Waals surface area contributed by atoms with Gasteiger partial charge in [-0.25, -0.2) is 4.68 Å². The summed E-state index contributed by atoms with van der Waals surface area (Å²) in [5, 5.41) is 9.90. The Hall–Kier alpha value is -2.32. The van der Waals surface area contributed by atoms with Gasteiger partial charge in [0.05, 0.1) is 18.0 Å². The maximum absolute atomic E-state index is 12.3. The van der Waals surface area contributed by atoms with Crippen LogP contribution in [-0.4, -0.2) is 41.9 Å². The zero-order valence-electron chi connectivity index (χ0n) is 14.2. The summed E-state index contributed by atoms with van der Waals surface area (Å²) in [7, 11) is 1.54. The van der Waals surface area contributed by atoms with Gasteiger partial charge in [-0.2, -0.15) is 16.9 Å². The van der Waals surface area contributed by atoms with Crippen molar-refractivity contribution >= 4 is 29.4 Å². The molecule has 0 fully saturated rings. The number of hydrogen-bond acceptors (Lipinski definition) is 5. The fourth-order valence-corrected chi connectivity index (χ4v) is 3.66. The number of para-hydroxylation sites is 1. The van der Waals surface area contributed by atoms with E-state index in [2.05, 4.69) is 15.7 Å². The predicted octanol–water partition coefficient (Wildman–Crippen LogP) is 1.63. The van der Waals surface area contributed by atoms with E-state index in [0.29, 0.717) is 12.4 Å². The molecule has 0 spiro atoms. The SMILES string of the molecule is COCCNC(=O)C(=O)Nc1c2c(nn1-c1ccccc1C)CSC2. The van der Waals surface area contributed by atoms with Crippen LogP contribution in [0.1, 0.15) is 16.8 Å². The highest BCUT2D eigenvalue weighted by atomic mass is 32.2. The van der Waals surface area contributed by atoms with Crippen LogP contribution in [0.2, 0.25) is 0 Å². The van der Waals surface area contributed by atoms with Crippen LogP contribution >= 0.6 is 11.8 Å². The number of benzene rings is 1. The first-order valence-corrected chi connectivity index (χ1v) is 9.10. The van der Waals surface area contributed by atoms with E-state index in [9.17, 15) is 9.59 Å². The van der Waals surface area contributed by atoms with Crippen molar-refractivity contribution in [1.82, 2.24) is 15.1 Å². The van der Waals surface area contributed by atoms with Crippen LogP contribution in [0.25, 0.3) is 5.69 Å². The molecule has 1 aliphatic rings. The molecule has 0 saturated heterocycles. The van der Waals surface area contributed by atoms with Crippen molar-refractivity contribution in [3.63, 3.8) is 0 Å². The van der Waals surface area contributed by atoms with Gasteiger partial charge >= 0.3 is 11.8 Å². The number of nitrogens with zero attached hydrogens (tertiary/aromatic N) is 2. The predicted molar refractivity (Wildman–Crippen MR) is 96.8 cm³/mol. The number of aromatic nitrogens is 2. The fraction of sp³-hybridized carbons (Fsp3) is 0.353. The summed E-state index contributed by atoms with van der Waals surface area (Å²) >= 11 is 1.74. The van der Waals surface area contributed by atoms with Crippen molar-refractivity contribution < 1.29 is 14.3 Å². The molecule has 7 nitrogen and oxygen atoms in total. The molecule has 2 aromatic rings. The summed E-state index contributed by atoms with van der Waals surface area (Å²) in [6.07, 6.45) is 0. The van der Waals surface area contributed by atoms with Crippen LogP contribution in [0, 0.1) is 6.92 Å². The van der Waals surface area contributed by atoms with Gasteiger partial charge in [-0.15, -0.1) is 0 Å². The molecule has 1 aromatic heterocycles. The molecule has 1 aromatic carbocycles. The van der Waals surface area contributed by atoms with E-state index in [4.69, 9.17) is 4.74 Å². The molecular weight excluding hydrogens is 340 g/mol. The van der Waals surface area contributed by atoms with Crippen molar-refractivity contribution in [2.75, 3.05) is 25.6 Å². The topological polar surface area (TPSA) is 85.2 Å². The smallest absolute Gasteiger partial charge is 0.314 e. The van der Waals surface area contributed by atoms with Crippen molar-refractivity contribution in [2.24, 2.45) is 0 Å². The summed E-state index contributed by atoms with van der Waals surface area (Å²) in [5.41, 5.74) is 3.85. The number of thioether (sulfide) groups is 1. The maximum atomic E-state index is 12.3. The number of aryl methyl sites for hydroxylation is 1. The average molecular weight is 360 g/mol. The third kappa shape index (κ3) is 3.69. The number of carbonyl (C=O) groups is 2. The lowest BCUT2D eigenvalue weighted by atomic mass is 10.2. The molecule has 2 amide bonds. The average Bonchev–Trinajstić information content (AvgIpc) is 3.18. The number of rotatable bonds is 5. The lowest BCUT2D eigenvalue weighted by molar-refractivity contribution is -0.136. The second-order valence-electron chi connectivity index (χ2n) is 5.67. The second-order valence-corrected chi connectivity index (χ2v) is 6.65. The lowest BCUT2D eigenvalue weighted by Crippen LogP contribution is -2.37. The summed E-state index contributed by atoms with van der Waals surface area (Å²) < 4.78 is 6.59. The summed E-state index contributed by atoms with van der Waals surface area (Å²) in [5.74, 6) is 0.750. The van der Waals surface area contributed by atoms with E-state index in [-0.39, 0.29) is 6.54 Å². The number of ether oxygens (including phenoxy) is 1. The Morgan fingerprint density at radius 3 is 2.84 bits per heavy atom. The molecule has 1 aliphatic heterocycles. The number of nitrogens with one attached hydrogen (secondary N) is 2. The zero-order valence-corrected chi connectivity index (χ0v) is 15.0. The number of anilines is 1. The number of fused-ring (bicyclic) bond motifs is 1. The monoisotopic (exact) mass is 360 g/mol. The Bertz CT molecular complexity index is 803. The van der Waals surface area contributed by atoms with Gasteiger partial charge in [-0.1, -0.05) is 18.2 Å². The molecule has 2 heterocycles. The van der Waals surface area contributed by atoms with E-state index >= 15 is 0 Å². The van der Waals surface area contributed by atoms with Crippen LogP contribution < -0.4 is 10.6 Å². The maximum Gasteiger partial charge on any atom is 0.314 e. The standard InChI is InChI=1S/C17H20N4O3S/c1-11-5-3-4-6-14(11)21-15(12-9-25-10-13(12)20-21)19-17(23)16(22)18-7-8-24-2/h3-6H,7-10H2,1-2H3,(H,18,22)(H,19,23). The summed E-state index contributed by atoms with van der Waals surface area (Å²) in [4.78, 5) is 24.2. The molecule has 132 valence electrons. The Kier molecular flexibility index (Phi) is 5.40. The van der Waals surface area contributed by atoms with Crippen molar-refractivity contribution in [3.8, 4) is 5.69 Å². The largest absolute Gasteiger partial charge is 0.383 e. The Balaban J connectivity index is 1.87. The Labute approximate surface area is 150 Å². The van der Waals surface area contributed by atoms with Gasteiger partial charge < -0.3 is 15.4 Å². The Morgan fingerprint density at radius 2 is 2.08 bits per heavy atom. The molecule has 2 N–H and O–H groups in total. The van der Waals surface area contributed by atoms with Crippen molar-refractivity contribution in [2.45, 2.75) is 18.4 Å². The molecule has 25 heavy (non-hydrogen) atoms. The molecule has 8 heteroatoms. The molecular formula is C17H20N4O3S. The lowest BCUT2D eigenvalue weighted by Gasteiger charge is -2.12. The van der Waals surface area contributed by atoms with E-state index in [0.717, 1.165) is 34.0 Å². The normalized spacial score (nSPS) is 12.7. The van der Waals surface area contributed by atoms with Gasteiger partial charge in [0.2, 0.25) is 0 Å². The van der Waals surface area contributed by atoms with Gasteiger partial charge in [0, 0.05) is 30.7 Å².